The number of rotatable bonds is 8. The van der Waals surface area contributed by atoms with Gasteiger partial charge in [-0.15, -0.1) is 0 Å². The Morgan fingerprint density at radius 3 is 2.37 bits per heavy atom. The molecule has 0 unspecified atom stereocenters. The zero-order valence-electron chi connectivity index (χ0n) is 18.0. The van der Waals surface area contributed by atoms with Crippen molar-refractivity contribution < 1.29 is 21.5 Å². The SMILES string of the molecule is CN1CCC[C@@H]1c1ccc[n+](CCCCCc2ccc(-c3ccccc3)cc2)c1.[Br-]. The lowest BCUT2D eigenvalue weighted by Gasteiger charge is -2.18. The summed E-state index contributed by atoms with van der Waals surface area (Å²) in [6.07, 6.45) is 12.2. The highest BCUT2D eigenvalue weighted by molar-refractivity contribution is 5.63. The van der Waals surface area contributed by atoms with Crippen molar-refractivity contribution in [2.24, 2.45) is 0 Å². The molecule has 2 aromatic carbocycles. The Morgan fingerprint density at radius 1 is 0.867 bits per heavy atom. The number of pyridine rings is 1. The summed E-state index contributed by atoms with van der Waals surface area (Å²) >= 11 is 0. The van der Waals surface area contributed by atoms with Crippen LogP contribution < -0.4 is 21.5 Å². The van der Waals surface area contributed by atoms with E-state index in [-0.39, 0.29) is 17.0 Å². The highest BCUT2D eigenvalue weighted by Gasteiger charge is 2.24. The Morgan fingerprint density at radius 2 is 1.63 bits per heavy atom. The highest BCUT2D eigenvalue weighted by Crippen LogP contribution is 2.29. The van der Waals surface area contributed by atoms with Gasteiger partial charge in [-0.3, -0.25) is 4.90 Å². The van der Waals surface area contributed by atoms with Crippen molar-refractivity contribution in [2.75, 3.05) is 13.6 Å². The maximum absolute atomic E-state index is 2.49. The van der Waals surface area contributed by atoms with Crippen molar-refractivity contribution in [3.63, 3.8) is 0 Å². The maximum Gasteiger partial charge on any atom is 0.173 e. The molecule has 1 aliphatic rings. The van der Waals surface area contributed by atoms with Crippen LogP contribution in [0.25, 0.3) is 11.1 Å². The van der Waals surface area contributed by atoms with Crippen LogP contribution in [0.5, 0.6) is 0 Å². The molecule has 158 valence electrons. The first-order valence-corrected chi connectivity index (χ1v) is 11.1. The first-order chi connectivity index (χ1) is 14.3. The summed E-state index contributed by atoms with van der Waals surface area (Å²) in [6, 6.07) is 24.8. The van der Waals surface area contributed by atoms with Crippen molar-refractivity contribution >= 4 is 0 Å². The average molecular weight is 465 g/mol. The summed E-state index contributed by atoms with van der Waals surface area (Å²) in [5.41, 5.74) is 5.52. The molecular formula is C27H33BrN2. The van der Waals surface area contributed by atoms with E-state index >= 15 is 0 Å². The Labute approximate surface area is 192 Å². The van der Waals surface area contributed by atoms with Crippen LogP contribution in [0.1, 0.15) is 49.3 Å². The van der Waals surface area contributed by atoms with Crippen LogP contribution in [0.3, 0.4) is 0 Å². The van der Waals surface area contributed by atoms with Gasteiger partial charge >= 0.3 is 0 Å². The van der Waals surface area contributed by atoms with Crippen LogP contribution in [0.4, 0.5) is 0 Å². The van der Waals surface area contributed by atoms with Crippen molar-refractivity contribution in [2.45, 2.75) is 51.1 Å². The highest BCUT2D eigenvalue weighted by atomic mass is 79.9. The lowest BCUT2D eigenvalue weighted by atomic mass is 10.0. The van der Waals surface area contributed by atoms with Gasteiger partial charge in [0.1, 0.15) is 6.54 Å². The van der Waals surface area contributed by atoms with E-state index in [1.165, 1.54) is 67.3 Å². The van der Waals surface area contributed by atoms with Crippen LogP contribution in [0.2, 0.25) is 0 Å². The van der Waals surface area contributed by atoms with Crippen molar-refractivity contribution in [3.05, 3.63) is 90.3 Å². The number of hydrogen-bond donors (Lipinski definition) is 0. The molecule has 0 saturated carbocycles. The zero-order valence-corrected chi connectivity index (χ0v) is 19.6. The number of aryl methyl sites for hydroxylation is 2. The largest absolute Gasteiger partial charge is 1.00 e. The first kappa shape index (κ1) is 22.7. The number of likely N-dealkylation sites (tertiary alicyclic amines) is 1. The van der Waals surface area contributed by atoms with Crippen LogP contribution in [-0.2, 0) is 13.0 Å². The monoisotopic (exact) mass is 464 g/mol. The molecule has 4 rings (SSSR count). The normalized spacial score (nSPS) is 16.4. The van der Waals surface area contributed by atoms with E-state index in [4.69, 9.17) is 0 Å². The molecule has 0 spiro atoms. The van der Waals surface area contributed by atoms with Gasteiger partial charge in [-0.25, -0.2) is 4.57 Å². The summed E-state index contributed by atoms with van der Waals surface area (Å²) in [7, 11) is 2.25. The number of hydrogen-bond acceptors (Lipinski definition) is 1. The second-order valence-corrected chi connectivity index (χ2v) is 8.39. The lowest BCUT2D eigenvalue weighted by molar-refractivity contribution is -0.697. The molecule has 0 bridgehead atoms. The van der Waals surface area contributed by atoms with E-state index in [1.807, 2.05) is 0 Å². The summed E-state index contributed by atoms with van der Waals surface area (Å²) in [6.45, 7) is 2.35. The molecule has 1 aliphatic heterocycles. The van der Waals surface area contributed by atoms with Gasteiger partial charge in [-0.1, -0.05) is 54.6 Å². The molecule has 0 radical (unpaired) electrons. The molecule has 2 nitrogen and oxygen atoms in total. The molecule has 2 heterocycles. The molecule has 3 heteroatoms. The number of aromatic nitrogens is 1. The molecule has 1 aromatic heterocycles. The van der Waals surface area contributed by atoms with Gasteiger partial charge in [0.25, 0.3) is 0 Å². The molecule has 3 aromatic rings. The second kappa shape index (κ2) is 11.4. The fraction of sp³-hybridized carbons (Fsp3) is 0.370. The van der Waals surface area contributed by atoms with E-state index in [2.05, 4.69) is 95.6 Å². The van der Waals surface area contributed by atoms with Gasteiger partial charge in [0, 0.05) is 24.1 Å². The Bertz CT molecular complexity index is 892. The first-order valence-electron chi connectivity index (χ1n) is 11.1. The van der Waals surface area contributed by atoms with Crippen LogP contribution >= 0.6 is 0 Å². The predicted octanol–water partition coefficient (Wildman–Crippen LogP) is 2.82. The molecule has 1 fully saturated rings. The molecule has 0 amide bonds. The summed E-state index contributed by atoms with van der Waals surface area (Å²) in [4.78, 5) is 2.49. The smallest absolute Gasteiger partial charge is 0.173 e. The summed E-state index contributed by atoms with van der Waals surface area (Å²) in [5, 5.41) is 0. The third kappa shape index (κ3) is 6.02. The van der Waals surface area contributed by atoms with E-state index in [0.29, 0.717) is 6.04 Å². The van der Waals surface area contributed by atoms with E-state index in [0.717, 1.165) is 6.54 Å². The van der Waals surface area contributed by atoms with E-state index < -0.39 is 0 Å². The lowest BCUT2D eigenvalue weighted by Crippen LogP contribution is -3.00. The Kier molecular flexibility index (Phi) is 8.65. The second-order valence-electron chi connectivity index (χ2n) is 8.39. The zero-order chi connectivity index (χ0) is 19.9. The fourth-order valence-electron chi connectivity index (χ4n) is 4.50. The Balaban J connectivity index is 0.00000256. The average Bonchev–Trinajstić information content (AvgIpc) is 3.21. The fourth-order valence-corrected chi connectivity index (χ4v) is 4.50. The minimum Gasteiger partial charge on any atom is -1.00 e. The number of nitrogens with zero attached hydrogens (tertiary/aromatic N) is 2. The summed E-state index contributed by atoms with van der Waals surface area (Å²) in [5.74, 6) is 0. The minimum atomic E-state index is 0. The van der Waals surface area contributed by atoms with Crippen molar-refractivity contribution in [3.8, 4) is 11.1 Å². The van der Waals surface area contributed by atoms with Gasteiger partial charge in [-0.2, -0.15) is 0 Å². The quantitative estimate of drug-likeness (QED) is 0.367. The van der Waals surface area contributed by atoms with Gasteiger partial charge in [0.05, 0.1) is 0 Å². The van der Waals surface area contributed by atoms with Gasteiger partial charge in [0.2, 0.25) is 0 Å². The third-order valence-corrected chi connectivity index (χ3v) is 6.23. The number of halogens is 1. The van der Waals surface area contributed by atoms with Gasteiger partial charge < -0.3 is 17.0 Å². The van der Waals surface area contributed by atoms with Gasteiger partial charge in [0.15, 0.2) is 12.4 Å². The topological polar surface area (TPSA) is 7.12 Å². The predicted molar refractivity (Wildman–Crippen MR) is 121 cm³/mol. The molecular weight excluding hydrogens is 432 g/mol. The minimum absolute atomic E-state index is 0. The molecule has 0 aliphatic carbocycles. The number of benzene rings is 2. The van der Waals surface area contributed by atoms with Gasteiger partial charge in [-0.05, 0) is 68.5 Å². The van der Waals surface area contributed by atoms with Crippen LogP contribution in [0.15, 0.2) is 79.1 Å². The Hall–Kier alpha value is -1.97. The van der Waals surface area contributed by atoms with E-state index in [1.54, 1.807) is 0 Å². The maximum atomic E-state index is 2.49. The van der Waals surface area contributed by atoms with Crippen LogP contribution in [0, 0.1) is 0 Å². The summed E-state index contributed by atoms with van der Waals surface area (Å²) < 4.78 is 2.39. The number of unbranched alkanes of at least 4 members (excludes halogenated alkanes) is 2. The van der Waals surface area contributed by atoms with E-state index in [9.17, 15) is 0 Å². The van der Waals surface area contributed by atoms with Crippen LogP contribution in [-0.4, -0.2) is 18.5 Å². The van der Waals surface area contributed by atoms with Crippen molar-refractivity contribution in [1.82, 2.24) is 4.90 Å². The molecule has 30 heavy (non-hydrogen) atoms. The standard InChI is InChI=1S/C27H33N2.BrH/c1-28-19-9-14-27(28)26-13-8-21-29(22-26)20-7-3-4-10-23-15-17-25(18-16-23)24-11-5-2-6-12-24;/h2,5-6,8,11-13,15-18,21-22,27H,3-4,7,9-10,14,19-20H2,1H3;1H/q+1;/p-1/t27-;/m1./s1. The molecule has 1 atom stereocenters. The third-order valence-electron chi connectivity index (χ3n) is 6.23. The molecule has 0 N–H and O–H groups in total. The molecule has 1 saturated heterocycles. The van der Waals surface area contributed by atoms with Crippen molar-refractivity contribution in [1.29, 1.82) is 0 Å².